The van der Waals surface area contributed by atoms with Gasteiger partial charge in [-0.2, -0.15) is 0 Å². The molecule has 19 heavy (non-hydrogen) atoms. The molecule has 4 N–H and O–H groups in total. The fourth-order valence-corrected chi connectivity index (χ4v) is 3.08. The molecule has 0 unspecified atom stereocenters. The quantitative estimate of drug-likeness (QED) is 0.887. The van der Waals surface area contributed by atoms with E-state index in [0.29, 0.717) is 10.6 Å². The van der Waals surface area contributed by atoms with Gasteiger partial charge in [-0.3, -0.25) is 9.59 Å². The van der Waals surface area contributed by atoms with E-state index < -0.39 is 5.91 Å². The maximum atomic E-state index is 12.2. The van der Waals surface area contributed by atoms with Crippen molar-refractivity contribution in [2.24, 2.45) is 5.73 Å². The Bertz CT molecular complexity index is 663. The van der Waals surface area contributed by atoms with Crippen LogP contribution in [0.3, 0.4) is 0 Å². The van der Waals surface area contributed by atoms with E-state index in [1.165, 1.54) is 23.3 Å². The molecule has 5 nitrogen and oxygen atoms in total. The van der Waals surface area contributed by atoms with Crippen molar-refractivity contribution < 1.29 is 9.59 Å². The molecule has 6 heteroatoms. The van der Waals surface area contributed by atoms with Gasteiger partial charge in [0, 0.05) is 17.1 Å². The number of benzene rings is 1. The molecule has 2 amide bonds. The van der Waals surface area contributed by atoms with Gasteiger partial charge < -0.3 is 16.4 Å². The lowest BCUT2D eigenvalue weighted by molar-refractivity contribution is -0.118. The van der Waals surface area contributed by atoms with E-state index in [9.17, 15) is 9.59 Å². The lowest BCUT2D eigenvalue weighted by Gasteiger charge is -2.14. The summed E-state index contributed by atoms with van der Waals surface area (Å²) in [5, 5.41) is 0.867. The number of hydrogen-bond donors (Lipinski definition) is 2. The minimum Gasteiger partial charge on any atom is -0.397 e. The summed E-state index contributed by atoms with van der Waals surface area (Å²) in [7, 11) is 1.53. The van der Waals surface area contributed by atoms with Crippen molar-refractivity contribution in [2.45, 2.75) is 6.92 Å². The number of carbonyl (C=O) groups excluding carboxylic acids is 2. The lowest BCUT2D eigenvalue weighted by atomic mass is 10.1. The summed E-state index contributed by atoms with van der Waals surface area (Å²) in [5.41, 5.74) is 12.7. The Kier molecular flexibility index (Phi) is 3.44. The van der Waals surface area contributed by atoms with Crippen molar-refractivity contribution in [2.75, 3.05) is 19.3 Å². The van der Waals surface area contributed by atoms with E-state index in [1.54, 1.807) is 0 Å². The molecular formula is C13H15N3O2S. The maximum Gasteiger partial charge on any atom is 0.266 e. The van der Waals surface area contributed by atoms with Gasteiger partial charge >= 0.3 is 0 Å². The number of primary amides is 1. The summed E-state index contributed by atoms with van der Waals surface area (Å²) in [6, 6.07) is 5.84. The average Bonchev–Trinajstić information content (AvgIpc) is 2.64. The van der Waals surface area contributed by atoms with E-state index >= 15 is 0 Å². The molecule has 0 aliphatic rings. The van der Waals surface area contributed by atoms with Crippen LogP contribution in [0.1, 0.15) is 15.2 Å². The molecule has 0 aliphatic carbocycles. The van der Waals surface area contributed by atoms with Gasteiger partial charge in [0.15, 0.2) is 0 Å². The van der Waals surface area contributed by atoms with E-state index in [4.69, 9.17) is 11.5 Å². The summed E-state index contributed by atoms with van der Waals surface area (Å²) in [5.74, 6) is -0.832. The van der Waals surface area contributed by atoms with Gasteiger partial charge in [0.05, 0.1) is 12.2 Å². The summed E-state index contributed by atoms with van der Waals surface area (Å²) in [4.78, 5) is 24.8. The Morgan fingerprint density at radius 3 is 2.68 bits per heavy atom. The smallest absolute Gasteiger partial charge is 0.266 e. The molecule has 0 spiro atoms. The van der Waals surface area contributed by atoms with E-state index in [1.807, 2.05) is 25.1 Å². The highest BCUT2D eigenvalue weighted by molar-refractivity contribution is 7.21. The highest BCUT2D eigenvalue weighted by Crippen LogP contribution is 2.34. The minimum atomic E-state index is -0.550. The number of hydrogen-bond acceptors (Lipinski definition) is 4. The van der Waals surface area contributed by atoms with Crippen molar-refractivity contribution in [1.29, 1.82) is 0 Å². The zero-order valence-electron chi connectivity index (χ0n) is 10.8. The molecule has 2 rings (SSSR count). The molecule has 0 saturated carbocycles. The van der Waals surface area contributed by atoms with Crippen LogP contribution in [-0.4, -0.2) is 30.3 Å². The second-order valence-electron chi connectivity index (χ2n) is 4.47. The number of nitrogens with two attached hydrogens (primary N) is 2. The van der Waals surface area contributed by atoms with Crippen molar-refractivity contribution >= 4 is 38.9 Å². The molecular weight excluding hydrogens is 262 g/mol. The number of rotatable bonds is 3. The molecule has 100 valence electrons. The van der Waals surface area contributed by atoms with Crippen LogP contribution in [-0.2, 0) is 4.79 Å². The third-order valence-corrected chi connectivity index (χ3v) is 3.97. The number of nitrogen functional groups attached to an aromatic ring is 1. The van der Waals surface area contributed by atoms with E-state index in [0.717, 1.165) is 15.6 Å². The Hall–Kier alpha value is -2.08. The predicted molar refractivity (Wildman–Crippen MR) is 77.1 cm³/mol. The van der Waals surface area contributed by atoms with Gasteiger partial charge in [-0.15, -0.1) is 11.3 Å². The first kappa shape index (κ1) is 13.4. The van der Waals surface area contributed by atoms with Crippen LogP contribution in [0.2, 0.25) is 0 Å². The van der Waals surface area contributed by atoms with Crippen LogP contribution in [0.15, 0.2) is 18.2 Å². The highest BCUT2D eigenvalue weighted by atomic mass is 32.1. The number of fused-ring (bicyclic) bond motifs is 1. The SMILES string of the molecule is Cc1ccc2c(N)c(C(=O)N(C)CC(N)=O)sc2c1. The number of amides is 2. The first-order chi connectivity index (χ1) is 8.90. The molecule has 0 radical (unpaired) electrons. The van der Waals surface area contributed by atoms with Crippen LogP contribution in [0.5, 0.6) is 0 Å². The predicted octanol–water partition coefficient (Wildman–Crippen LogP) is 1.35. The molecule has 1 aromatic carbocycles. The lowest BCUT2D eigenvalue weighted by Crippen LogP contribution is -2.35. The van der Waals surface area contributed by atoms with Crippen molar-refractivity contribution in [3.8, 4) is 0 Å². The van der Waals surface area contributed by atoms with Gasteiger partial charge in [0.2, 0.25) is 5.91 Å². The van der Waals surface area contributed by atoms with Gasteiger partial charge in [0.25, 0.3) is 5.91 Å². The largest absolute Gasteiger partial charge is 0.397 e. The van der Waals surface area contributed by atoms with Crippen LogP contribution in [0.4, 0.5) is 5.69 Å². The van der Waals surface area contributed by atoms with E-state index in [-0.39, 0.29) is 12.5 Å². The molecule has 0 fully saturated rings. The molecule has 0 saturated heterocycles. The first-order valence-electron chi connectivity index (χ1n) is 5.72. The van der Waals surface area contributed by atoms with Gasteiger partial charge in [-0.05, 0) is 18.6 Å². The Balaban J connectivity index is 2.42. The van der Waals surface area contributed by atoms with Crippen LogP contribution < -0.4 is 11.5 Å². The second-order valence-corrected chi connectivity index (χ2v) is 5.52. The molecule has 0 atom stereocenters. The highest BCUT2D eigenvalue weighted by Gasteiger charge is 2.20. The molecule has 2 aromatic rings. The summed E-state index contributed by atoms with van der Waals surface area (Å²) < 4.78 is 0.966. The van der Waals surface area contributed by atoms with Crippen LogP contribution in [0, 0.1) is 6.92 Å². The first-order valence-corrected chi connectivity index (χ1v) is 6.54. The maximum absolute atomic E-state index is 12.2. The van der Waals surface area contributed by atoms with Gasteiger partial charge in [0.1, 0.15) is 4.88 Å². The normalized spacial score (nSPS) is 10.6. The number of nitrogens with zero attached hydrogens (tertiary/aromatic N) is 1. The fourth-order valence-electron chi connectivity index (χ4n) is 1.86. The van der Waals surface area contributed by atoms with Gasteiger partial charge in [-0.25, -0.2) is 0 Å². The third-order valence-electron chi connectivity index (χ3n) is 2.82. The number of thiophene rings is 1. The molecule has 1 aromatic heterocycles. The topological polar surface area (TPSA) is 89.4 Å². The molecule has 0 aliphatic heterocycles. The number of carbonyl (C=O) groups is 2. The zero-order valence-corrected chi connectivity index (χ0v) is 11.6. The zero-order chi connectivity index (χ0) is 14.2. The van der Waals surface area contributed by atoms with Crippen molar-refractivity contribution in [3.63, 3.8) is 0 Å². The summed E-state index contributed by atoms with van der Waals surface area (Å²) in [6.45, 7) is 1.86. The molecule has 0 bridgehead atoms. The average molecular weight is 277 g/mol. The van der Waals surface area contributed by atoms with Crippen LogP contribution >= 0.6 is 11.3 Å². The van der Waals surface area contributed by atoms with Crippen LogP contribution in [0.25, 0.3) is 10.1 Å². The Morgan fingerprint density at radius 1 is 1.37 bits per heavy atom. The van der Waals surface area contributed by atoms with E-state index in [2.05, 4.69) is 0 Å². The van der Waals surface area contributed by atoms with Crippen molar-refractivity contribution in [3.05, 3.63) is 28.6 Å². The number of aryl methyl sites for hydroxylation is 1. The second kappa shape index (κ2) is 4.89. The third kappa shape index (κ3) is 2.53. The molecule has 1 heterocycles. The van der Waals surface area contributed by atoms with Gasteiger partial charge in [-0.1, -0.05) is 12.1 Å². The van der Waals surface area contributed by atoms with Crippen molar-refractivity contribution in [1.82, 2.24) is 4.90 Å². The minimum absolute atomic E-state index is 0.119. The standard InChI is InChI=1S/C13H15N3O2S/c1-7-3-4-8-9(5-7)19-12(11(8)15)13(18)16(2)6-10(14)17/h3-5H,6,15H2,1-2H3,(H2,14,17). The summed E-state index contributed by atoms with van der Waals surface area (Å²) >= 11 is 1.33. The Labute approximate surface area is 114 Å². The summed E-state index contributed by atoms with van der Waals surface area (Å²) in [6.07, 6.45) is 0. The number of likely N-dealkylation sites (N-methyl/N-ethyl adjacent to an activating group) is 1. The number of anilines is 1. The monoisotopic (exact) mass is 277 g/mol. The fraction of sp³-hybridized carbons (Fsp3) is 0.231. The Morgan fingerprint density at radius 2 is 2.05 bits per heavy atom.